The van der Waals surface area contributed by atoms with Gasteiger partial charge in [0.05, 0.1) is 31.6 Å². The molecule has 0 aliphatic rings. The molecular weight excluding hydrogens is 432 g/mol. The second-order valence-corrected chi connectivity index (χ2v) is 8.39. The maximum atomic E-state index is 13.0. The summed E-state index contributed by atoms with van der Waals surface area (Å²) >= 11 is 0. The molecule has 4 rings (SSSR count). The summed E-state index contributed by atoms with van der Waals surface area (Å²) in [6, 6.07) is 39.0. The molecule has 4 nitrogen and oxygen atoms in total. The topological polar surface area (TPSA) is 49.7 Å². The van der Waals surface area contributed by atoms with E-state index in [4.69, 9.17) is 5.10 Å². The van der Waals surface area contributed by atoms with Gasteiger partial charge in [0.15, 0.2) is 5.78 Å². The van der Waals surface area contributed by atoms with Crippen molar-refractivity contribution in [3.8, 4) is 0 Å². The first kappa shape index (κ1) is 23.8. The smallest absolute Gasteiger partial charge is 0.170 e. The molecule has 0 unspecified atom stereocenters. The van der Waals surface area contributed by atoms with Gasteiger partial charge in [-0.3, -0.25) is 14.6 Å². The summed E-state index contributed by atoms with van der Waals surface area (Å²) in [6.45, 7) is 1.20. The fraction of sp³-hybridized carbons (Fsp3) is 0.129. The Labute approximate surface area is 206 Å². The van der Waals surface area contributed by atoms with Crippen LogP contribution < -0.4 is 0 Å². The van der Waals surface area contributed by atoms with Gasteiger partial charge in [-0.15, -0.1) is 0 Å². The molecule has 4 heteroatoms. The molecule has 0 aliphatic heterocycles. The Hall–Kier alpha value is -4.31. The molecule has 0 bridgehead atoms. The van der Waals surface area contributed by atoms with Gasteiger partial charge in [0.1, 0.15) is 5.78 Å². The minimum absolute atomic E-state index is 0.0860. The number of hydrogen-bond donors (Lipinski definition) is 0. The lowest BCUT2D eigenvalue weighted by Gasteiger charge is -2.22. The molecule has 0 spiro atoms. The van der Waals surface area contributed by atoms with Gasteiger partial charge in [-0.25, -0.2) is 0 Å². The highest BCUT2D eigenvalue weighted by Crippen LogP contribution is 2.15. The van der Waals surface area contributed by atoms with Crippen molar-refractivity contribution in [2.24, 2.45) is 5.10 Å². The maximum absolute atomic E-state index is 13.0. The first-order valence-corrected chi connectivity index (χ1v) is 11.7. The molecule has 0 radical (unpaired) electrons. The summed E-state index contributed by atoms with van der Waals surface area (Å²) in [4.78, 5) is 25.6. The summed E-state index contributed by atoms with van der Waals surface area (Å²) in [6.07, 6.45) is -0.0596. The zero-order valence-electron chi connectivity index (χ0n) is 19.6. The van der Waals surface area contributed by atoms with Crippen LogP contribution in [0, 0.1) is 0 Å². The Morgan fingerprint density at radius 2 is 0.971 bits per heavy atom. The van der Waals surface area contributed by atoms with E-state index in [2.05, 4.69) is 24.3 Å². The fourth-order valence-corrected chi connectivity index (χ4v) is 3.87. The van der Waals surface area contributed by atoms with Crippen molar-refractivity contribution in [3.05, 3.63) is 144 Å². The van der Waals surface area contributed by atoms with Crippen molar-refractivity contribution in [3.63, 3.8) is 0 Å². The summed E-state index contributed by atoms with van der Waals surface area (Å²) in [7, 11) is 0. The molecular formula is C31H28N2O2. The molecule has 0 heterocycles. The predicted octanol–water partition coefficient (Wildman–Crippen LogP) is 6.33. The van der Waals surface area contributed by atoms with Crippen LogP contribution in [0.1, 0.15) is 39.9 Å². The summed E-state index contributed by atoms with van der Waals surface area (Å²) in [5, 5.41) is 6.96. The third kappa shape index (κ3) is 7.34. The highest BCUT2D eigenvalue weighted by Gasteiger charge is 2.17. The van der Waals surface area contributed by atoms with Crippen molar-refractivity contribution in [1.29, 1.82) is 0 Å². The molecule has 0 fully saturated rings. The number of rotatable bonds is 11. The number of hydrazone groups is 1. The molecule has 35 heavy (non-hydrogen) atoms. The van der Waals surface area contributed by atoms with Crippen LogP contribution in [0.2, 0.25) is 0 Å². The third-order valence-electron chi connectivity index (χ3n) is 5.60. The first-order valence-electron chi connectivity index (χ1n) is 11.7. The van der Waals surface area contributed by atoms with E-state index in [9.17, 15) is 9.59 Å². The Balaban J connectivity index is 1.60. The number of ketones is 2. The zero-order valence-corrected chi connectivity index (χ0v) is 19.6. The van der Waals surface area contributed by atoms with Crippen molar-refractivity contribution in [2.75, 3.05) is 0 Å². The quantitative estimate of drug-likeness (QED) is 0.114. The van der Waals surface area contributed by atoms with Crippen LogP contribution in [0.4, 0.5) is 0 Å². The highest BCUT2D eigenvalue weighted by atomic mass is 16.1. The second-order valence-electron chi connectivity index (χ2n) is 8.39. The van der Waals surface area contributed by atoms with Gasteiger partial charge >= 0.3 is 0 Å². The Morgan fingerprint density at radius 1 is 0.543 bits per heavy atom. The van der Waals surface area contributed by atoms with E-state index >= 15 is 0 Å². The maximum Gasteiger partial charge on any atom is 0.170 e. The molecule has 0 amide bonds. The van der Waals surface area contributed by atoms with Crippen molar-refractivity contribution in [1.82, 2.24) is 5.01 Å². The second kappa shape index (κ2) is 12.2. The molecule has 0 saturated heterocycles. The predicted molar refractivity (Wildman–Crippen MR) is 140 cm³/mol. The average molecular weight is 461 g/mol. The number of hydrogen-bond acceptors (Lipinski definition) is 4. The Morgan fingerprint density at radius 3 is 1.46 bits per heavy atom. The zero-order chi connectivity index (χ0) is 24.3. The lowest BCUT2D eigenvalue weighted by Crippen LogP contribution is -2.22. The van der Waals surface area contributed by atoms with Crippen LogP contribution in [0.15, 0.2) is 126 Å². The summed E-state index contributed by atoms with van der Waals surface area (Å²) in [5.41, 5.74) is 4.34. The highest BCUT2D eigenvalue weighted by molar-refractivity contribution is 6.16. The van der Waals surface area contributed by atoms with Gasteiger partial charge in [-0.2, -0.15) is 5.10 Å². The SMILES string of the molecule is O=C(CC(=O)c1ccccc1)C/C(=N\N(Cc1ccccc1)Cc1ccccc1)c1ccccc1. The van der Waals surface area contributed by atoms with Crippen molar-refractivity contribution in [2.45, 2.75) is 25.9 Å². The van der Waals surface area contributed by atoms with Gasteiger partial charge in [-0.1, -0.05) is 121 Å². The molecule has 0 aliphatic carbocycles. The van der Waals surface area contributed by atoms with E-state index in [0.29, 0.717) is 24.4 Å². The Bertz CT molecular complexity index is 1210. The standard InChI is InChI=1S/C31H28N2O2/c34-29(22-31(35)28-19-11-4-12-20-28)21-30(27-17-9-3-10-18-27)32-33(23-25-13-5-1-6-14-25)24-26-15-7-2-8-16-26/h1-20H,21-24H2/b32-30+. The number of carbonyl (C=O) groups is 2. The number of carbonyl (C=O) groups excluding carboxylic acids is 2. The first-order chi connectivity index (χ1) is 17.2. The minimum atomic E-state index is -0.173. The van der Waals surface area contributed by atoms with Gasteiger partial charge < -0.3 is 0 Å². The van der Waals surface area contributed by atoms with E-state index in [-0.39, 0.29) is 24.4 Å². The van der Waals surface area contributed by atoms with Gasteiger partial charge in [0.25, 0.3) is 0 Å². The van der Waals surface area contributed by atoms with E-state index in [0.717, 1.165) is 16.7 Å². The summed E-state index contributed by atoms with van der Waals surface area (Å²) in [5.74, 6) is -0.325. The van der Waals surface area contributed by atoms with Crippen LogP contribution in [0.3, 0.4) is 0 Å². The summed E-state index contributed by atoms with van der Waals surface area (Å²) < 4.78 is 0. The van der Waals surface area contributed by atoms with Gasteiger partial charge in [-0.05, 0) is 16.7 Å². The molecule has 0 atom stereocenters. The lowest BCUT2D eigenvalue weighted by molar-refractivity contribution is -0.117. The van der Waals surface area contributed by atoms with Crippen molar-refractivity contribution >= 4 is 17.3 Å². The molecule has 4 aromatic rings. The molecule has 174 valence electrons. The molecule has 0 saturated carbocycles. The average Bonchev–Trinajstić information content (AvgIpc) is 2.90. The number of benzene rings is 4. The Kier molecular flexibility index (Phi) is 8.33. The molecule has 4 aromatic carbocycles. The van der Waals surface area contributed by atoms with Crippen LogP contribution in [0.5, 0.6) is 0 Å². The van der Waals surface area contributed by atoms with Crippen LogP contribution in [-0.2, 0) is 17.9 Å². The van der Waals surface area contributed by atoms with Gasteiger partial charge in [0, 0.05) is 5.56 Å². The minimum Gasteiger partial charge on any atom is -0.299 e. The largest absolute Gasteiger partial charge is 0.299 e. The number of Topliss-reactive ketones (excluding diaryl/α,β-unsaturated/α-hetero) is 2. The third-order valence-corrected chi connectivity index (χ3v) is 5.60. The fourth-order valence-electron chi connectivity index (χ4n) is 3.87. The van der Waals surface area contributed by atoms with Crippen LogP contribution in [-0.4, -0.2) is 22.3 Å². The van der Waals surface area contributed by atoms with Crippen molar-refractivity contribution < 1.29 is 9.59 Å². The number of nitrogens with zero attached hydrogens (tertiary/aromatic N) is 2. The van der Waals surface area contributed by atoms with E-state index in [1.54, 1.807) is 24.3 Å². The van der Waals surface area contributed by atoms with E-state index < -0.39 is 0 Å². The van der Waals surface area contributed by atoms with E-state index in [1.807, 2.05) is 77.8 Å². The van der Waals surface area contributed by atoms with Crippen LogP contribution in [0.25, 0.3) is 0 Å². The van der Waals surface area contributed by atoms with Gasteiger partial charge in [0.2, 0.25) is 0 Å². The lowest BCUT2D eigenvalue weighted by atomic mass is 10.00. The molecule has 0 N–H and O–H groups in total. The van der Waals surface area contributed by atoms with Crippen LogP contribution >= 0.6 is 0 Å². The monoisotopic (exact) mass is 460 g/mol. The molecule has 0 aromatic heterocycles. The normalized spacial score (nSPS) is 11.1. The van der Waals surface area contributed by atoms with E-state index in [1.165, 1.54) is 0 Å².